The minimum absolute atomic E-state index is 0.309. The molecule has 1 aliphatic carbocycles. The number of aliphatic hydroxyl groups is 1. The van der Waals surface area contributed by atoms with Crippen LogP contribution in [0.5, 0.6) is 0 Å². The molecule has 0 heterocycles. The molecule has 1 aliphatic rings. The first-order valence-corrected chi connectivity index (χ1v) is 5.16. The second-order valence-corrected chi connectivity index (χ2v) is 4.22. The minimum Gasteiger partial charge on any atom is -0.396 e. The summed E-state index contributed by atoms with van der Waals surface area (Å²) in [4.78, 5) is 0. The van der Waals surface area contributed by atoms with Gasteiger partial charge in [0.2, 0.25) is 0 Å². The van der Waals surface area contributed by atoms with Crippen molar-refractivity contribution in [2.75, 3.05) is 6.61 Å². The predicted octanol–water partition coefficient (Wildman–Crippen LogP) is 2.92. The van der Waals surface area contributed by atoms with Gasteiger partial charge in [-0.1, -0.05) is 44.6 Å². The molecule has 0 saturated carbocycles. The van der Waals surface area contributed by atoms with Crippen molar-refractivity contribution < 1.29 is 5.11 Å². The Bertz CT molecular complexity index is 205. The molecule has 0 saturated heterocycles. The van der Waals surface area contributed by atoms with E-state index in [0.717, 1.165) is 12.8 Å². The van der Waals surface area contributed by atoms with Gasteiger partial charge in [-0.25, -0.2) is 0 Å². The topological polar surface area (TPSA) is 20.2 Å². The molecular formula is C12H20O. The number of rotatable bonds is 4. The van der Waals surface area contributed by atoms with Gasteiger partial charge in [-0.15, -0.1) is 0 Å². The van der Waals surface area contributed by atoms with Crippen molar-refractivity contribution in [3.63, 3.8) is 0 Å². The quantitative estimate of drug-likeness (QED) is 0.659. The van der Waals surface area contributed by atoms with Crippen LogP contribution in [0.25, 0.3) is 0 Å². The molecule has 1 nitrogen and oxygen atoms in total. The van der Waals surface area contributed by atoms with Gasteiger partial charge in [0.05, 0.1) is 0 Å². The van der Waals surface area contributed by atoms with Crippen LogP contribution in [0.3, 0.4) is 0 Å². The Kier molecular flexibility index (Phi) is 3.73. The Morgan fingerprint density at radius 1 is 1.31 bits per heavy atom. The summed E-state index contributed by atoms with van der Waals surface area (Å²) in [6.07, 6.45) is 12.1. The molecule has 0 aromatic heterocycles. The first-order chi connectivity index (χ1) is 6.19. The first-order valence-electron chi connectivity index (χ1n) is 5.16. The Morgan fingerprint density at radius 2 is 2.08 bits per heavy atom. The lowest BCUT2D eigenvalue weighted by molar-refractivity contribution is 0.250. The molecule has 0 radical (unpaired) electrons. The molecule has 0 aromatic carbocycles. The van der Waals surface area contributed by atoms with Crippen molar-refractivity contribution >= 4 is 0 Å². The molecule has 0 fully saturated rings. The highest BCUT2D eigenvalue weighted by molar-refractivity contribution is 5.18. The van der Waals surface area contributed by atoms with Crippen molar-refractivity contribution in [2.24, 2.45) is 11.3 Å². The smallest absolute Gasteiger partial charge is 0.0431 e. The SMILES string of the molecule is CC1C=CC=CC1(C)CCCCO. The fraction of sp³-hybridized carbons (Fsp3) is 0.667. The van der Waals surface area contributed by atoms with E-state index in [-0.39, 0.29) is 0 Å². The third-order valence-corrected chi connectivity index (χ3v) is 3.15. The first kappa shape index (κ1) is 10.5. The highest BCUT2D eigenvalue weighted by Gasteiger charge is 2.27. The van der Waals surface area contributed by atoms with Gasteiger partial charge in [-0.05, 0) is 24.2 Å². The van der Waals surface area contributed by atoms with E-state index >= 15 is 0 Å². The lowest BCUT2D eigenvalue weighted by atomic mass is 9.72. The third kappa shape index (κ3) is 2.70. The van der Waals surface area contributed by atoms with Crippen LogP contribution >= 0.6 is 0 Å². The molecule has 1 N–H and O–H groups in total. The molecule has 1 heteroatoms. The van der Waals surface area contributed by atoms with Gasteiger partial charge < -0.3 is 5.11 Å². The lowest BCUT2D eigenvalue weighted by Crippen LogP contribution is -2.23. The molecule has 13 heavy (non-hydrogen) atoms. The predicted molar refractivity (Wildman–Crippen MR) is 56.5 cm³/mol. The molecule has 2 unspecified atom stereocenters. The number of hydrogen-bond acceptors (Lipinski definition) is 1. The molecule has 74 valence electrons. The largest absolute Gasteiger partial charge is 0.396 e. The van der Waals surface area contributed by atoms with Crippen LogP contribution in [-0.2, 0) is 0 Å². The molecule has 0 bridgehead atoms. The average Bonchev–Trinajstić information content (AvgIpc) is 2.11. The van der Waals surface area contributed by atoms with Crippen LogP contribution < -0.4 is 0 Å². The van der Waals surface area contributed by atoms with Gasteiger partial charge in [0, 0.05) is 6.61 Å². The maximum atomic E-state index is 8.71. The molecule has 0 aliphatic heterocycles. The fourth-order valence-electron chi connectivity index (χ4n) is 1.81. The molecule has 1 rings (SSSR count). The summed E-state index contributed by atoms with van der Waals surface area (Å²) in [5.41, 5.74) is 0.309. The highest BCUT2D eigenvalue weighted by Crippen LogP contribution is 2.37. The van der Waals surface area contributed by atoms with Crippen LogP contribution in [0.15, 0.2) is 24.3 Å². The zero-order valence-corrected chi connectivity index (χ0v) is 8.66. The number of aliphatic hydroxyl groups excluding tert-OH is 1. The second-order valence-electron chi connectivity index (χ2n) is 4.22. The maximum absolute atomic E-state index is 8.71. The summed E-state index contributed by atoms with van der Waals surface area (Å²) >= 11 is 0. The van der Waals surface area contributed by atoms with E-state index in [2.05, 4.69) is 38.2 Å². The van der Waals surface area contributed by atoms with Crippen molar-refractivity contribution in [1.82, 2.24) is 0 Å². The third-order valence-electron chi connectivity index (χ3n) is 3.15. The van der Waals surface area contributed by atoms with E-state index in [0.29, 0.717) is 17.9 Å². The summed E-state index contributed by atoms with van der Waals surface area (Å²) in [6.45, 7) is 4.89. The Labute approximate surface area is 81.2 Å². The van der Waals surface area contributed by atoms with E-state index < -0.39 is 0 Å². The lowest BCUT2D eigenvalue weighted by Gasteiger charge is -2.33. The fourth-order valence-corrected chi connectivity index (χ4v) is 1.81. The summed E-state index contributed by atoms with van der Waals surface area (Å²) in [5, 5.41) is 8.71. The van der Waals surface area contributed by atoms with Gasteiger partial charge in [-0.2, -0.15) is 0 Å². The number of hydrogen-bond donors (Lipinski definition) is 1. The zero-order chi connectivity index (χ0) is 9.73. The highest BCUT2D eigenvalue weighted by atomic mass is 16.2. The summed E-state index contributed by atoms with van der Waals surface area (Å²) < 4.78 is 0. The van der Waals surface area contributed by atoms with Gasteiger partial charge in [0.15, 0.2) is 0 Å². The van der Waals surface area contributed by atoms with Crippen molar-refractivity contribution in [3.8, 4) is 0 Å². The van der Waals surface area contributed by atoms with E-state index in [9.17, 15) is 0 Å². The van der Waals surface area contributed by atoms with Crippen LogP contribution in [0, 0.1) is 11.3 Å². The van der Waals surface area contributed by atoms with Gasteiger partial charge in [0.1, 0.15) is 0 Å². The van der Waals surface area contributed by atoms with Gasteiger partial charge >= 0.3 is 0 Å². The molecule has 0 aromatic rings. The van der Waals surface area contributed by atoms with Crippen LogP contribution in [-0.4, -0.2) is 11.7 Å². The Hall–Kier alpha value is -0.560. The Morgan fingerprint density at radius 3 is 2.69 bits per heavy atom. The van der Waals surface area contributed by atoms with Gasteiger partial charge in [-0.3, -0.25) is 0 Å². The summed E-state index contributed by atoms with van der Waals surface area (Å²) in [5.74, 6) is 0.621. The number of unbranched alkanes of at least 4 members (excludes halogenated alkanes) is 1. The van der Waals surface area contributed by atoms with Crippen molar-refractivity contribution in [1.29, 1.82) is 0 Å². The van der Waals surface area contributed by atoms with Crippen molar-refractivity contribution in [3.05, 3.63) is 24.3 Å². The molecule has 2 atom stereocenters. The molecule has 0 amide bonds. The van der Waals surface area contributed by atoms with E-state index in [1.807, 2.05) is 0 Å². The zero-order valence-electron chi connectivity index (χ0n) is 8.66. The summed E-state index contributed by atoms with van der Waals surface area (Å²) in [7, 11) is 0. The van der Waals surface area contributed by atoms with Crippen LogP contribution in [0.2, 0.25) is 0 Å². The van der Waals surface area contributed by atoms with E-state index in [1.54, 1.807) is 0 Å². The summed E-state index contributed by atoms with van der Waals surface area (Å²) in [6, 6.07) is 0. The molecule has 0 spiro atoms. The Balaban J connectivity index is 2.45. The minimum atomic E-state index is 0.309. The second kappa shape index (κ2) is 4.61. The van der Waals surface area contributed by atoms with E-state index in [1.165, 1.54) is 6.42 Å². The monoisotopic (exact) mass is 180 g/mol. The molecular weight excluding hydrogens is 160 g/mol. The standard InChI is InChI=1S/C12H20O/c1-11-7-3-4-8-12(11,2)9-5-6-10-13/h3-4,7-8,11,13H,5-6,9-10H2,1-2H3. The van der Waals surface area contributed by atoms with E-state index in [4.69, 9.17) is 5.11 Å². The maximum Gasteiger partial charge on any atom is 0.0431 e. The normalized spacial score (nSPS) is 32.4. The van der Waals surface area contributed by atoms with Crippen molar-refractivity contribution in [2.45, 2.75) is 33.1 Å². The van der Waals surface area contributed by atoms with Gasteiger partial charge in [0.25, 0.3) is 0 Å². The van der Waals surface area contributed by atoms with Crippen LogP contribution in [0.1, 0.15) is 33.1 Å². The van der Waals surface area contributed by atoms with Crippen LogP contribution in [0.4, 0.5) is 0 Å². The average molecular weight is 180 g/mol. The number of allylic oxidation sites excluding steroid dienone is 4.